The first kappa shape index (κ1) is 12.6. The summed E-state index contributed by atoms with van der Waals surface area (Å²) in [5, 5.41) is 6.17. The van der Waals surface area contributed by atoms with Crippen LogP contribution in [-0.4, -0.2) is 6.04 Å². The van der Waals surface area contributed by atoms with Crippen LogP contribution >= 0.6 is 11.3 Å². The van der Waals surface area contributed by atoms with E-state index in [2.05, 4.69) is 47.1 Å². The Kier molecular flexibility index (Phi) is 3.37. The van der Waals surface area contributed by atoms with E-state index in [0.717, 1.165) is 12.0 Å². The standard InChI is InChI=1S/C18H21NS/c1-2-5-13(6-3-1)14-11-15(12-14)19-17-7-4-8-18-16(17)9-10-20-18/h1-3,5-6,9-10,14-15,17,19H,4,7-8,11-12H2. The molecular weight excluding hydrogens is 262 g/mol. The SMILES string of the molecule is c1ccc(C2CC(NC3CCCc4sccc43)C2)cc1. The largest absolute Gasteiger partial charge is 0.307 e. The van der Waals surface area contributed by atoms with Gasteiger partial charge in [0.1, 0.15) is 0 Å². The molecule has 2 heteroatoms. The van der Waals surface area contributed by atoms with Crippen LogP contribution in [0.5, 0.6) is 0 Å². The summed E-state index contributed by atoms with van der Waals surface area (Å²) >= 11 is 1.94. The van der Waals surface area contributed by atoms with Crippen LogP contribution in [0, 0.1) is 0 Å². The number of thiophene rings is 1. The lowest BCUT2D eigenvalue weighted by Crippen LogP contribution is -2.42. The first-order valence-electron chi connectivity index (χ1n) is 7.77. The summed E-state index contributed by atoms with van der Waals surface area (Å²) in [5.41, 5.74) is 3.11. The van der Waals surface area contributed by atoms with E-state index in [1.807, 2.05) is 11.3 Å². The fourth-order valence-electron chi connectivity index (χ4n) is 3.70. The van der Waals surface area contributed by atoms with Crippen molar-refractivity contribution in [1.82, 2.24) is 5.32 Å². The van der Waals surface area contributed by atoms with Gasteiger partial charge in [-0.3, -0.25) is 0 Å². The summed E-state index contributed by atoms with van der Waals surface area (Å²) in [6.07, 6.45) is 6.57. The van der Waals surface area contributed by atoms with E-state index in [0.29, 0.717) is 6.04 Å². The van der Waals surface area contributed by atoms with Crippen molar-refractivity contribution in [2.24, 2.45) is 0 Å². The molecule has 2 aromatic rings. The van der Waals surface area contributed by atoms with Crippen molar-refractivity contribution in [3.8, 4) is 0 Å². The van der Waals surface area contributed by atoms with Crippen molar-refractivity contribution in [3.05, 3.63) is 57.8 Å². The minimum atomic E-state index is 0.617. The summed E-state index contributed by atoms with van der Waals surface area (Å²) in [6, 6.07) is 14.7. The lowest BCUT2D eigenvalue weighted by Gasteiger charge is -2.39. The highest BCUT2D eigenvalue weighted by atomic mass is 32.1. The second-order valence-corrected chi connectivity index (χ2v) is 7.19. The van der Waals surface area contributed by atoms with Gasteiger partial charge in [0.25, 0.3) is 0 Å². The molecule has 0 aliphatic heterocycles. The van der Waals surface area contributed by atoms with Gasteiger partial charge >= 0.3 is 0 Å². The first-order chi connectivity index (χ1) is 9.90. The maximum atomic E-state index is 3.90. The monoisotopic (exact) mass is 283 g/mol. The van der Waals surface area contributed by atoms with E-state index in [4.69, 9.17) is 0 Å². The minimum absolute atomic E-state index is 0.617. The Morgan fingerprint density at radius 2 is 1.90 bits per heavy atom. The molecule has 20 heavy (non-hydrogen) atoms. The molecule has 0 amide bonds. The highest BCUT2D eigenvalue weighted by Crippen LogP contribution is 2.40. The van der Waals surface area contributed by atoms with Gasteiger partial charge in [0.2, 0.25) is 0 Å². The van der Waals surface area contributed by atoms with Gasteiger partial charge in [0, 0.05) is 17.0 Å². The Morgan fingerprint density at radius 1 is 1.05 bits per heavy atom. The van der Waals surface area contributed by atoms with Crippen molar-refractivity contribution in [3.63, 3.8) is 0 Å². The van der Waals surface area contributed by atoms with E-state index < -0.39 is 0 Å². The van der Waals surface area contributed by atoms with E-state index in [1.54, 1.807) is 10.4 Å². The molecule has 2 aliphatic carbocycles. The van der Waals surface area contributed by atoms with Crippen molar-refractivity contribution >= 4 is 11.3 Å². The molecule has 1 N–H and O–H groups in total. The van der Waals surface area contributed by atoms with Crippen LogP contribution in [0.25, 0.3) is 0 Å². The van der Waals surface area contributed by atoms with Crippen LogP contribution in [-0.2, 0) is 6.42 Å². The van der Waals surface area contributed by atoms with Crippen LogP contribution in [0.4, 0.5) is 0 Å². The molecule has 1 heterocycles. The highest BCUT2D eigenvalue weighted by molar-refractivity contribution is 7.10. The predicted molar refractivity (Wildman–Crippen MR) is 85.3 cm³/mol. The molecule has 0 bridgehead atoms. The number of aryl methyl sites for hydroxylation is 1. The van der Waals surface area contributed by atoms with Gasteiger partial charge in [-0.25, -0.2) is 0 Å². The van der Waals surface area contributed by atoms with E-state index in [9.17, 15) is 0 Å². The van der Waals surface area contributed by atoms with Crippen LogP contribution in [0.1, 0.15) is 53.6 Å². The molecule has 0 spiro atoms. The van der Waals surface area contributed by atoms with E-state index in [1.165, 1.54) is 37.7 Å². The average molecular weight is 283 g/mol. The van der Waals surface area contributed by atoms with E-state index >= 15 is 0 Å². The third kappa shape index (κ3) is 2.32. The molecular formula is C18H21NS. The van der Waals surface area contributed by atoms with Crippen LogP contribution in [0.15, 0.2) is 41.8 Å². The Labute approximate surface area is 125 Å². The normalized spacial score (nSPS) is 28.7. The molecule has 0 radical (unpaired) electrons. The number of benzene rings is 1. The summed E-state index contributed by atoms with van der Waals surface area (Å²) in [4.78, 5) is 1.62. The molecule has 1 nitrogen and oxygen atoms in total. The number of hydrogen-bond donors (Lipinski definition) is 1. The van der Waals surface area contributed by atoms with Crippen molar-refractivity contribution in [2.75, 3.05) is 0 Å². The maximum absolute atomic E-state index is 3.90. The summed E-state index contributed by atoms with van der Waals surface area (Å²) < 4.78 is 0. The van der Waals surface area contributed by atoms with Crippen LogP contribution in [0.2, 0.25) is 0 Å². The molecule has 1 aromatic heterocycles. The Bertz CT molecular complexity index is 568. The fraction of sp³-hybridized carbons (Fsp3) is 0.444. The van der Waals surface area contributed by atoms with Crippen molar-refractivity contribution in [1.29, 1.82) is 0 Å². The molecule has 2 aliphatic rings. The summed E-state index contributed by atoms with van der Waals surface area (Å²) in [6.45, 7) is 0. The molecule has 104 valence electrons. The topological polar surface area (TPSA) is 12.0 Å². The summed E-state index contributed by atoms with van der Waals surface area (Å²) in [5.74, 6) is 0.777. The quantitative estimate of drug-likeness (QED) is 0.863. The first-order valence-corrected chi connectivity index (χ1v) is 8.65. The predicted octanol–water partition coefficient (Wildman–Crippen LogP) is 4.66. The molecule has 1 saturated carbocycles. The number of rotatable bonds is 3. The summed E-state index contributed by atoms with van der Waals surface area (Å²) in [7, 11) is 0. The second-order valence-electron chi connectivity index (χ2n) is 6.19. The Hall–Kier alpha value is -1.12. The second kappa shape index (κ2) is 5.34. The zero-order valence-corrected chi connectivity index (χ0v) is 12.5. The van der Waals surface area contributed by atoms with Crippen LogP contribution in [0.3, 0.4) is 0 Å². The lowest BCUT2D eigenvalue weighted by atomic mass is 9.75. The lowest BCUT2D eigenvalue weighted by molar-refractivity contribution is 0.255. The molecule has 1 aromatic carbocycles. The van der Waals surface area contributed by atoms with Gasteiger partial charge < -0.3 is 5.32 Å². The zero-order chi connectivity index (χ0) is 13.4. The average Bonchev–Trinajstić information content (AvgIpc) is 2.92. The number of nitrogens with one attached hydrogen (secondary N) is 1. The number of fused-ring (bicyclic) bond motifs is 1. The molecule has 1 fully saturated rings. The molecule has 1 unspecified atom stereocenters. The van der Waals surface area contributed by atoms with Gasteiger partial charge in [0.15, 0.2) is 0 Å². The van der Waals surface area contributed by atoms with Crippen molar-refractivity contribution in [2.45, 2.75) is 50.1 Å². The number of hydrogen-bond acceptors (Lipinski definition) is 2. The zero-order valence-electron chi connectivity index (χ0n) is 11.7. The molecule has 1 atom stereocenters. The molecule has 0 saturated heterocycles. The van der Waals surface area contributed by atoms with Gasteiger partial charge in [-0.2, -0.15) is 0 Å². The minimum Gasteiger partial charge on any atom is -0.307 e. The third-order valence-electron chi connectivity index (χ3n) is 4.90. The fourth-order valence-corrected chi connectivity index (χ4v) is 4.68. The van der Waals surface area contributed by atoms with E-state index in [-0.39, 0.29) is 0 Å². The Balaban J connectivity index is 1.37. The third-order valence-corrected chi connectivity index (χ3v) is 5.89. The maximum Gasteiger partial charge on any atom is 0.0333 e. The Morgan fingerprint density at radius 3 is 2.75 bits per heavy atom. The van der Waals surface area contributed by atoms with Crippen LogP contribution < -0.4 is 5.32 Å². The van der Waals surface area contributed by atoms with Gasteiger partial charge in [0.05, 0.1) is 0 Å². The van der Waals surface area contributed by atoms with Gasteiger partial charge in [-0.1, -0.05) is 30.3 Å². The van der Waals surface area contributed by atoms with Crippen molar-refractivity contribution < 1.29 is 0 Å². The molecule has 4 rings (SSSR count). The van der Waals surface area contributed by atoms with Gasteiger partial charge in [-0.05, 0) is 60.6 Å². The smallest absolute Gasteiger partial charge is 0.0333 e. The highest BCUT2D eigenvalue weighted by Gasteiger charge is 2.33. The van der Waals surface area contributed by atoms with Gasteiger partial charge in [-0.15, -0.1) is 11.3 Å².